The summed E-state index contributed by atoms with van der Waals surface area (Å²) in [5.74, 6) is -0.901. The van der Waals surface area contributed by atoms with Gasteiger partial charge in [0.25, 0.3) is 5.91 Å². The maximum Gasteiger partial charge on any atom is 0.410 e. The third-order valence-electron chi connectivity index (χ3n) is 6.45. The minimum Gasteiger partial charge on any atom is -0.444 e. The van der Waals surface area contributed by atoms with Crippen LogP contribution in [0.25, 0.3) is 0 Å². The first-order valence-electron chi connectivity index (χ1n) is 12.2. The van der Waals surface area contributed by atoms with Crippen LogP contribution >= 0.6 is 0 Å². The van der Waals surface area contributed by atoms with Gasteiger partial charge in [0.15, 0.2) is 0 Å². The number of hydrogen-bond donors (Lipinski definition) is 2. The van der Waals surface area contributed by atoms with Gasteiger partial charge >= 0.3 is 6.09 Å². The molecular formula is C25H34N4O6. The van der Waals surface area contributed by atoms with Crippen LogP contribution in [-0.4, -0.2) is 77.6 Å². The van der Waals surface area contributed by atoms with Crippen LogP contribution in [0.4, 0.5) is 10.5 Å². The van der Waals surface area contributed by atoms with E-state index < -0.39 is 17.6 Å². The highest BCUT2D eigenvalue weighted by Crippen LogP contribution is 2.32. The molecule has 10 heteroatoms. The lowest BCUT2D eigenvalue weighted by atomic mass is 10.0. The van der Waals surface area contributed by atoms with E-state index in [0.29, 0.717) is 44.8 Å². The highest BCUT2D eigenvalue weighted by molar-refractivity contribution is 6.06. The average Bonchev–Trinajstić information content (AvgIpc) is 3.13. The normalized spacial score (nSPS) is 21.1. The average molecular weight is 487 g/mol. The Morgan fingerprint density at radius 2 is 1.89 bits per heavy atom. The van der Waals surface area contributed by atoms with E-state index in [9.17, 15) is 19.2 Å². The van der Waals surface area contributed by atoms with Gasteiger partial charge in [-0.1, -0.05) is 6.07 Å². The van der Waals surface area contributed by atoms with Crippen molar-refractivity contribution >= 4 is 29.5 Å². The number of imide groups is 1. The number of piperidine rings is 2. The maximum absolute atomic E-state index is 12.9. The molecule has 3 heterocycles. The summed E-state index contributed by atoms with van der Waals surface area (Å²) < 4.78 is 11.4. The van der Waals surface area contributed by atoms with E-state index in [1.54, 1.807) is 15.9 Å². The molecule has 0 radical (unpaired) electrons. The lowest BCUT2D eigenvalue weighted by molar-refractivity contribution is -0.136. The number of hydrogen-bond acceptors (Lipinski definition) is 7. The van der Waals surface area contributed by atoms with E-state index in [1.165, 1.54) is 0 Å². The molecule has 2 saturated heterocycles. The van der Waals surface area contributed by atoms with E-state index in [2.05, 4.69) is 10.6 Å². The Bertz CT molecular complexity index is 996. The molecule has 0 aliphatic carbocycles. The Hall–Kier alpha value is -3.14. The second-order valence-corrected chi connectivity index (χ2v) is 10.2. The second-order valence-electron chi connectivity index (χ2n) is 10.2. The van der Waals surface area contributed by atoms with Crippen molar-refractivity contribution in [2.24, 2.45) is 0 Å². The lowest BCUT2D eigenvalue weighted by Gasteiger charge is -2.33. The van der Waals surface area contributed by atoms with Crippen LogP contribution in [0.15, 0.2) is 18.2 Å². The molecule has 10 nitrogen and oxygen atoms in total. The van der Waals surface area contributed by atoms with Gasteiger partial charge in [0.2, 0.25) is 11.8 Å². The molecule has 190 valence electrons. The molecule has 2 fully saturated rings. The van der Waals surface area contributed by atoms with E-state index >= 15 is 0 Å². The van der Waals surface area contributed by atoms with Crippen molar-refractivity contribution in [3.05, 3.63) is 29.3 Å². The fraction of sp³-hybridized carbons (Fsp3) is 0.600. The molecule has 4 rings (SSSR count). The first-order chi connectivity index (χ1) is 16.6. The SMILES string of the molecule is CC(C)(C)OC(=O)N1CCC(OCCNc2cccc3c2CN(C2CCC(=O)NC2=O)C3=O)CC1. The maximum atomic E-state index is 12.9. The Kier molecular flexibility index (Phi) is 7.30. The number of ether oxygens (including phenoxy) is 2. The van der Waals surface area contributed by atoms with E-state index in [0.717, 1.165) is 24.1 Å². The summed E-state index contributed by atoms with van der Waals surface area (Å²) in [4.78, 5) is 52.1. The Morgan fingerprint density at radius 1 is 1.14 bits per heavy atom. The second kappa shape index (κ2) is 10.2. The summed E-state index contributed by atoms with van der Waals surface area (Å²) in [6.45, 7) is 8.18. The number of nitrogens with one attached hydrogen (secondary N) is 2. The molecule has 35 heavy (non-hydrogen) atoms. The molecule has 0 aromatic heterocycles. The number of carbonyl (C=O) groups excluding carboxylic acids is 4. The predicted molar refractivity (Wildman–Crippen MR) is 128 cm³/mol. The van der Waals surface area contributed by atoms with Gasteiger partial charge in [-0.05, 0) is 52.2 Å². The van der Waals surface area contributed by atoms with Gasteiger partial charge in [-0.3, -0.25) is 19.7 Å². The zero-order chi connectivity index (χ0) is 25.2. The van der Waals surface area contributed by atoms with Crippen LogP contribution in [0.2, 0.25) is 0 Å². The summed E-state index contributed by atoms with van der Waals surface area (Å²) >= 11 is 0. The molecule has 0 bridgehead atoms. The smallest absolute Gasteiger partial charge is 0.410 e. The predicted octanol–water partition coefficient (Wildman–Crippen LogP) is 2.28. The molecule has 0 spiro atoms. The first-order valence-corrected chi connectivity index (χ1v) is 12.2. The minimum absolute atomic E-state index is 0.0848. The standard InChI is InChI=1S/C25H34N4O6/c1-25(2,3)35-24(33)28-12-9-16(10-13-28)34-14-11-26-19-6-4-5-17-18(19)15-29(23(17)32)20-7-8-21(30)27-22(20)31/h4-6,16,20,26H,7-15H2,1-3H3,(H,27,30,31). The number of anilines is 1. The van der Waals surface area contributed by atoms with Crippen LogP contribution in [0, 0.1) is 0 Å². The fourth-order valence-electron chi connectivity index (χ4n) is 4.69. The first kappa shape index (κ1) is 25.0. The molecule has 3 aliphatic rings. The largest absolute Gasteiger partial charge is 0.444 e. The molecule has 1 aromatic carbocycles. The molecular weight excluding hydrogens is 452 g/mol. The van der Waals surface area contributed by atoms with Gasteiger partial charge in [0.1, 0.15) is 11.6 Å². The highest BCUT2D eigenvalue weighted by atomic mass is 16.6. The number of fused-ring (bicyclic) bond motifs is 1. The Balaban J connectivity index is 1.24. The van der Waals surface area contributed by atoms with Crippen molar-refractivity contribution in [2.45, 2.75) is 70.7 Å². The number of rotatable bonds is 6. The third kappa shape index (κ3) is 5.93. The fourth-order valence-corrected chi connectivity index (χ4v) is 4.69. The summed E-state index contributed by atoms with van der Waals surface area (Å²) in [6.07, 6.45) is 1.90. The summed E-state index contributed by atoms with van der Waals surface area (Å²) in [5.41, 5.74) is 1.77. The Morgan fingerprint density at radius 3 is 2.57 bits per heavy atom. The van der Waals surface area contributed by atoms with Crippen LogP contribution in [0.5, 0.6) is 0 Å². The topological polar surface area (TPSA) is 117 Å². The molecule has 1 aromatic rings. The number of carbonyl (C=O) groups is 4. The van der Waals surface area contributed by atoms with Gasteiger partial charge in [0.05, 0.1) is 12.7 Å². The van der Waals surface area contributed by atoms with Crippen molar-refractivity contribution < 1.29 is 28.7 Å². The van der Waals surface area contributed by atoms with Gasteiger partial charge in [-0.15, -0.1) is 0 Å². The van der Waals surface area contributed by atoms with E-state index in [-0.39, 0.29) is 30.4 Å². The van der Waals surface area contributed by atoms with Crippen LogP contribution in [0.3, 0.4) is 0 Å². The monoisotopic (exact) mass is 486 g/mol. The van der Waals surface area contributed by atoms with Crippen LogP contribution < -0.4 is 10.6 Å². The molecule has 0 saturated carbocycles. The molecule has 1 unspecified atom stereocenters. The van der Waals surface area contributed by atoms with Crippen molar-refractivity contribution in [2.75, 3.05) is 31.6 Å². The van der Waals surface area contributed by atoms with Gasteiger partial charge in [-0.25, -0.2) is 4.79 Å². The van der Waals surface area contributed by atoms with Gasteiger partial charge in [0, 0.05) is 49.4 Å². The van der Waals surface area contributed by atoms with Crippen LogP contribution in [-0.2, 0) is 25.6 Å². The molecule has 3 aliphatic heterocycles. The molecule has 4 amide bonds. The summed E-state index contributed by atoms with van der Waals surface area (Å²) in [6, 6.07) is 4.87. The van der Waals surface area contributed by atoms with E-state index in [1.807, 2.05) is 32.9 Å². The number of amides is 4. The number of benzene rings is 1. The zero-order valence-corrected chi connectivity index (χ0v) is 20.6. The highest BCUT2D eigenvalue weighted by Gasteiger charge is 2.39. The molecule has 2 N–H and O–H groups in total. The Labute approximate surface area is 205 Å². The van der Waals surface area contributed by atoms with Gasteiger partial charge < -0.3 is 24.6 Å². The van der Waals surface area contributed by atoms with Crippen molar-refractivity contribution in [1.82, 2.24) is 15.1 Å². The van der Waals surface area contributed by atoms with Crippen molar-refractivity contribution in [3.63, 3.8) is 0 Å². The van der Waals surface area contributed by atoms with Crippen molar-refractivity contribution in [1.29, 1.82) is 0 Å². The van der Waals surface area contributed by atoms with Gasteiger partial charge in [-0.2, -0.15) is 0 Å². The minimum atomic E-state index is -0.629. The summed E-state index contributed by atoms with van der Waals surface area (Å²) in [5, 5.41) is 5.68. The van der Waals surface area contributed by atoms with Crippen molar-refractivity contribution in [3.8, 4) is 0 Å². The number of likely N-dealkylation sites (tertiary alicyclic amines) is 1. The summed E-state index contributed by atoms with van der Waals surface area (Å²) in [7, 11) is 0. The quantitative estimate of drug-likeness (QED) is 0.468. The van der Waals surface area contributed by atoms with Crippen LogP contribution in [0.1, 0.15) is 62.4 Å². The molecule has 1 atom stereocenters. The number of nitrogens with zero attached hydrogens (tertiary/aromatic N) is 2. The van der Waals surface area contributed by atoms with E-state index in [4.69, 9.17) is 9.47 Å². The zero-order valence-electron chi connectivity index (χ0n) is 20.6. The lowest BCUT2D eigenvalue weighted by Crippen LogP contribution is -2.52. The third-order valence-corrected chi connectivity index (χ3v) is 6.45.